The summed E-state index contributed by atoms with van der Waals surface area (Å²) >= 11 is 0. The lowest BCUT2D eigenvalue weighted by Gasteiger charge is -2.32. The number of pyridine rings is 1. The first-order valence-electron chi connectivity index (χ1n) is 11.3. The van der Waals surface area contributed by atoms with Gasteiger partial charge < -0.3 is 25.8 Å². The van der Waals surface area contributed by atoms with Crippen molar-refractivity contribution in [1.82, 2.24) is 10.3 Å². The highest BCUT2D eigenvalue weighted by Crippen LogP contribution is 2.23. The third-order valence-corrected chi connectivity index (χ3v) is 5.81. The topological polar surface area (TPSA) is 111 Å². The summed E-state index contributed by atoms with van der Waals surface area (Å²) in [6, 6.07) is 8.38. The molecular weight excluding hydrogens is 406 g/mol. The van der Waals surface area contributed by atoms with Crippen LogP contribution in [0.2, 0.25) is 0 Å². The molecule has 174 valence electrons. The number of hydrogen-bond acceptors (Lipinski definition) is 6. The first kappa shape index (κ1) is 24.1. The minimum atomic E-state index is -0.412. The molecule has 8 nitrogen and oxygen atoms in total. The summed E-state index contributed by atoms with van der Waals surface area (Å²) in [6.07, 6.45) is 2.83. The monoisotopic (exact) mass is 441 g/mol. The van der Waals surface area contributed by atoms with Crippen LogP contribution in [0.1, 0.15) is 49.0 Å². The number of aliphatic imine (C=N–C) groups is 1. The fourth-order valence-corrected chi connectivity index (χ4v) is 4.06. The number of benzene rings is 1. The summed E-state index contributed by atoms with van der Waals surface area (Å²) in [7, 11) is 1.71. The van der Waals surface area contributed by atoms with E-state index >= 15 is 0 Å². The molecule has 2 atom stereocenters. The molecule has 1 aliphatic heterocycles. The van der Waals surface area contributed by atoms with Crippen LogP contribution in [-0.4, -0.2) is 61.8 Å². The van der Waals surface area contributed by atoms with Crippen LogP contribution in [0.4, 0.5) is 5.82 Å². The summed E-state index contributed by atoms with van der Waals surface area (Å²) in [5.74, 6) is 0.288. The SMILES string of the molecule is CCC(NC1CCOCC1)C(CNc1nc2ccc(C)cc2cc1C(=O)N=C(C)N)OC. The van der Waals surface area contributed by atoms with Gasteiger partial charge in [0.25, 0.3) is 5.91 Å². The molecule has 2 unspecified atom stereocenters. The Morgan fingerprint density at radius 2 is 2.09 bits per heavy atom. The van der Waals surface area contributed by atoms with E-state index in [1.165, 1.54) is 0 Å². The third kappa shape index (κ3) is 6.25. The van der Waals surface area contributed by atoms with E-state index in [0.717, 1.165) is 48.9 Å². The van der Waals surface area contributed by atoms with Gasteiger partial charge in [0.2, 0.25) is 0 Å². The van der Waals surface area contributed by atoms with Crippen LogP contribution < -0.4 is 16.4 Å². The largest absolute Gasteiger partial charge is 0.387 e. The molecule has 0 saturated carbocycles. The molecule has 0 aliphatic carbocycles. The zero-order chi connectivity index (χ0) is 23.1. The summed E-state index contributed by atoms with van der Waals surface area (Å²) in [4.78, 5) is 21.4. The van der Waals surface area contributed by atoms with Gasteiger partial charge in [-0.05, 0) is 51.3 Å². The zero-order valence-corrected chi connectivity index (χ0v) is 19.5. The molecule has 2 heterocycles. The standard InChI is InChI=1S/C24H35N5O3/c1-5-20(28-18-8-10-32-11-9-18)22(31-4)14-26-23-19(24(30)27-16(3)25)13-17-12-15(2)6-7-21(17)29-23/h6-7,12-13,18,20,22,28H,5,8-11,14H2,1-4H3,(H,26,29)(H2,25,27,30). The average Bonchev–Trinajstić information content (AvgIpc) is 2.78. The van der Waals surface area contributed by atoms with Gasteiger partial charge in [-0.15, -0.1) is 0 Å². The maximum Gasteiger partial charge on any atom is 0.282 e. The number of nitrogens with one attached hydrogen (secondary N) is 2. The quantitative estimate of drug-likeness (QED) is 0.405. The smallest absolute Gasteiger partial charge is 0.282 e. The summed E-state index contributed by atoms with van der Waals surface area (Å²) in [5, 5.41) is 7.96. The first-order valence-corrected chi connectivity index (χ1v) is 11.3. The third-order valence-electron chi connectivity index (χ3n) is 5.81. The Kier molecular flexibility index (Phi) is 8.55. The number of ether oxygens (including phenoxy) is 2. The number of fused-ring (bicyclic) bond motifs is 1. The van der Waals surface area contributed by atoms with Gasteiger partial charge in [-0.3, -0.25) is 4.79 Å². The Balaban J connectivity index is 1.82. The molecule has 1 aliphatic rings. The van der Waals surface area contributed by atoms with Gasteiger partial charge in [0.15, 0.2) is 0 Å². The van der Waals surface area contributed by atoms with Crippen LogP contribution in [0.5, 0.6) is 0 Å². The molecule has 1 fully saturated rings. The van der Waals surface area contributed by atoms with E-state index in [0.29, 0.717) is 24.0 Å². The lowest BCUT2D eigenvalue weighted by molar-refractivity contribution is 0.0462. The highest BCUT2D eigenvalue weighted by atomic mass is 16.5. The van der Waals surface area contributed by atoms with Gasteiger partial charge in [0, 0.05) is 44.3 Å². The second-order valence-electron chi connectivity index (χ2n) is 8.36. The molecule has 4 N–H and O–H groups in total. The average molecular weight is 442 g/mol. The number of carbonyl (C=O) groups is 1. The highest BCUT2D eigenvalue weighted by molar-refractivity contribution is 6.07. The molecule has 2 aromatic rings. The van der Waals surface area contributed by atoms with Crippen molar-refractivity contribution in [3.8, 4) is 0 Å². The summed E-state index contributed by atoms with van der Waals surface area (Å²) < 4.78 is 11.3. The summed E-state index contributed by atoms with van der Waals surface area (Å²) in [6.45, 7) is 7.83. The van der Waals surface area contributed by atoms with Crippen molar-refractivity contribution in [1.29, 1.82) is 0 Å². The van der Waals surface area contributed by atoms with Crippen LogP contribution in [0, 0.1) is 6.92 Å². The van der Waals surface area contributed by atoms with E-state index in [-0.39, 0.29) is 18.0 Å². The van der Waals surface area contributed by atoms with E-state index < -0.39 is 5.91 Å². The number of hydrogen-bond donors (Lipinski definition) is 3. The Bertz CT molecular complexity index is 952. The predicted molar refractivity (Wildman–Crippen MR) is 128 cm³/mol. The zero-order valence-electron chi connectivity index (χ0n) is 19.5. The number of rotatable bonds is 9. The molecule has 1 aromatic heterocycles. The fourth-order valence-electron chi connectivity index (χ4n) is 4.06. The Labute approximate surface area is 190 Å². The van der Waals surface area contributed by atoms with Crippen molar-refractivity contribution < 1.29 is 14.3 Å². The minimum absolute atomic E-state index is 0.0962. The number of methoxy groups -OCH3 is 1. The first-order chi connectivity index (χ1) is 15.4. The lowest BCUT2D eigenvalue weighted by atomic mass is 10.0. The lowest BCUT2D eigenvalue weighted by Crippen LogP contribution is -2.50. The maximum absolute atomic E-state index is 12.8. The Hall–Kier alpha value is -2.55. The molecule has 3 rings (SSSR count). The number of aryl methyl sites for hydroxylation is 1. The molecule has 32 heavy (non-hydrogen) atoms. The van der Waals surface area contributed by atoms with Gasteiger partial charge in [0.05, 0.1) is 17.2 Å². The number of amides is 1. The maximum atomic E-state index is 12.8. The number of aromatic nitrogens is 1. The molecule has 0 spiro atoms. The van der Waals surface area contributed by atoms with Crippen LogP contribution in [0.15, 0.2) is 29.3 Å². The summed E-state index contributed by atoms with van der Waals surface area (Å²) in [5.41, 5.74) is 7.96. The molecular formula is C24H35N5O3. The molecule has 0 bridgehead atoms. The van der Waals surface area contributed by atoms with Crippen LogP contribution in [-0.2, 0) is 9.47 Å². The van der Waals surface area contributed by atoms with Gasteiger partial charge in [-0.2, -0.15) is 4.99 Å². The van der Waals surface area contributed by atoms with Crippen molar-refractivity contribution in [3.05, 3.63) is 35.4 Å². The highest BCUT2D eigenvalue weighted by Gasteiger charge is 2.25. The van der Waals surface area contributed by atoms with Gasteiger partial charge in [-0.25, -0.2) is 4.98 Å². The number of nitrogens with zero attached hydrogens (tertiary/aromatic N) is 2. The van der Waals surface area contributed by atoms with Gasteiger partial charge in [-0.1, -0.05) is 18.6 Å². The number of amidine groups is 1. The van der Waals surface area contributed by atoms with Crippen molar-refractivity contribution in [2.45, 2.75) is 58.2 Å². The van der Waals surface area contributed by atoms with Crippen molar-refractivity contribution in [2.75, 3.05) is 32.2 Å². The van der Waals surface area contributed by atoms with Crippen LogP contribution in [0.3, 0.4) is 0 Å². The van der Waals surface area contributed by atoms with Gasteiger partial charge >= 0.3 is 0 Å². The van der Waals surface area contributed by atoms with E-state index in [4.69, 9.17) is 20.2 Å². The molecule has 1 aromatic carbocycles. The van der Waals surface area contributed by atoms with Crippen molar-refractivity contribution in [2.24, 2.45) is 10.7 Å². The number of anilines is 1. The molecule has 1 amide bonds. The number of nitrogens with two attached hydrogens (primary N) is 1. The second kappa shape index (κ2) is 11.4. The van der Waals surface area contributed by atoms with E-state index in [2.05, 4.69) is 22.5 Å². The Morgan fingerprint density at radius 3 is 2.75 bits per heavy atom. The van der Waals surface area contributed by atoms with Crippen molar-refractivity contribution in [3.63, 3.8) is 0 Å². The van der Waals surface area contributed by atoms with E-state index in [1.807, 2.05) is 31.2 Å². The van der Waals surface area contributed by atoms with Crippen LogP contribution >= 0.6 is 0 Å². The van der Waals surface area contributed by atoms with E-state index in [9.17, 15) is 4.79 Å². The molecule has 1 saturated heterocycles. The number of carbonyl (C=O) groups excluding carboxylic acids is 1. The van der Waals surface area contributed by atoms with Crippen LogP contribution in [0.25, 0.3) is 10.9 Å². The minimum Gasteiger partial charge on any atom is -0.387 e. The predicted octanol–water partition coefficient (Wildman–Crippen LogP) is 3.03. The normalized spacial score (nSPS) is 17.3. The van der Waals surface area contributed by atoms with Crippen molar-refractivity contribution >= 4 is 28.5 Å². The van der Waals surface area contributed by atoms with Gasteiger partial charge in [0.1, 0.15) is 11.7 Å². The second-order valence-corrected chi connectivity index (χ2v) is 8.36. The molecule has 8 heteroatoms. The fraction of sp³-hybridized carbons (Fsp3) is 0.542. The van der Waals surface area contributed by atoms with E-state index in [1.54, 1.807) is 14.0 Å². The molecule has 0 radical (unpaired) electrons. The Morgan fingerprint density at radius 1 is 1.34 bits per heavy atom.